The molecule has 2 fully saturated rings. The van der Waals surface area contributed by atoms with E-state index in [0.29, 0.717) is 6.61 Å². The molecule has 0 amide bonds. The number of carbonyl (C=O) groups excluding carboxylic acids is 2. The molecule has 0 bridgehead atoms. The van der Waals surface area contributed by atoms with Crippen LogP contribution < -0.4 is 4.90 Å². The van der Waals surface area contributed by atoms with E-state index in [-0.39, 0.29) is 41.2 Å². The molecule has 6 atom stereocenters. The van der Waals surface area contributed by atoms with Gasteiger partial charge in [0, 0.05) is 5.92 Å². The maximum absolute atomic E-state index is 12.8. The predicted molar refractivity (Wildman–Crippen MR) is 106 cm³/mol. The number of ether oxygens (including phenoxy) is 2. The Morgan fingerprint density at radius 2 is 2.25 bits per heavy atom. The van der Waals surface area contributed by atoms with Crippen LogP contribution in [-0.2, 0) is 19.1 Å². The maximum Gasteiger partial charge on any atom is 0.315 e. The molecule has 0 saturated carbocycles. The van der Waals surface area contributed by atoms with Crippen LogP contribution in [-0.4, -0.2) is 44.3 Å². The lowest BCUT2D eigenvalue weighted by Gasteiger charge is -2.43. The lowest BCUT2D eigenvalue weighted by molar-refractivity contribution is -0.910. The van der Waals surface area contributed by atoms with Gasteiger partial charge in [0.15, 0.2) is 0 Å². The van der Waals surface area contributed by atoms with Crippen molar-refractivity contribution in [2.75, 3.05) is 26.2 Å². The Hall–Kier alpha value is -1.62. The average Bonchev–Trinajstić information content (AvgIpc) is 2.94. The zero-order valence-corrected chi connectivity index (χ0v) is 17.5. The lowest BCUT2D eigenvalue weighted by Crippen LogP contribution is -3.14. The van der Waals surface area contributed by atoms with Crippen LogP contribution in [0.3, 0.4) is 0 Å². The number of carbonyl (C=O) groups is 2. The molecule has 154 valence electrons. The maximum atomic E-state index is 12.8. The van der Waals surface area contributed by atoms with Crippen LogP contribution in [0, 0.1) is 23.2 Å². The molecule has 2 aliphatic carbocycles. The van der Waals surface area contributed by atoms with Gasteiger partial charge in [-0.15, -0.1) is 0 Å². The molecule has 1 unspecified atom stereocenters. The van der Waals surface area contributed by atoms with E-state index >= 15 is 0 Å². The fraction of sp³-hybridized carbons (Fsp3) is 0.739. The summed E-state index contributed by atoms with van der Waals surface area (Å²) in [6.07, 6.45) is 9.81. The first-order chi connectivity index (χ1) is 13.4. The van der Waals surface area contributed by atoms with Gasteiger partial charge in [-0.3, -0.25) is 9.59 Å². The third-order valence-electron chi connectivity index (χ3n) is 7.44. The second kappa shape index (κ2) is 7.66. The van der Waals surface area contributed by atoms with Crippen LogP contribution in [0.5, 0.6) is 0 Å². The molecule has 2 heterocycles. The molecule has 0 aromatic carbocycles. The second-order valence-corrected chi connectivity index (χ2v) is 9.43. The summed E-state index contributed by atoms with van der Waals surface area (Å²) in [6.45, 7) is 9.37. The molecular formula is C23H34NO4+. The van der Waals surface area contributed by atoms with E-state index in [4.69, 9.17) is 9.47 Å². The standard InChI is InChI=1S/C23H33NO4/c1-4-27-21(25)16-8-6-10-24(13-16)14-18-17-11-19-15(2)7-5-9-23(19,3)12-20(17)28-22(18)26/h7,11,16-18,20H,4-6,8-10,12-14H2,1-3H3/p+1/t16-,17+,18-,20-,23-/m0/s1. The number of esters is 2. The molecule has 1 N–H and O–H groups in total. The van der Waals surface area contributed by atoms with Gasteiger partial charge in [0.2, 0.25) is 0 Å². The number of rotatable bonds is 4. The second-order valence-electron chi connectivity index (χ2n) is 9.43. The Morgan fingerprint density at radius 1 is 1.43 bits per heavy atom. The minimum absolute atomic E-state index is 0.0159. The summed E-state index contributed by atoms with van der Waals surface area (Å²) in [5.41, 5.74) is 2.95. The van der Waals surface area contributed by atoms with Gasteiger partial charge in [-0.1, -0.05) is 24.6 Å². The summed E-state index contributed by atoms with van der Waals surface area (Å²) in [4.78, 5) is 26.3. The van der Waals surface area contributed by atoms with E-state index in [1.54, 1.807) is 0 Å². The summed E-state index contributed by atoms with van der Waals surface area (Å²) in [5.74, 6) is -0.0692. The van der Waals surface area contributed by atoms with Gasteiger partial charge in [-0.05, 0) is 56.9 Å². The fourth-order valence-corrected chi connectivity index (χ4v) is 5.97. The molecular weight excluding hydrogens is 354 g/mol. The number of nitrogens with one attached hydrogen (secondary N) is 1. The Morgan fingerprint density at radius 3 is 3.04 bits per heavy atom. The van der Waals surface area contributed by atoms with E-state index in [2.05, 4.69) is 26.0 Å². The Labute approximate surface area is 168 Å². The van der Waals surface area contributed by atoms with E-state index in [1.165, 1.54) is 16.0 Å². The highest BCUT2D eigenvalue weighted by molar-refractivity contribution is 5.76. The van der Waals surface area contributed by atoms with Crippen molar-refractivity contribution in [3.05, 3.63) is 23.3 Å². The molecule has 0 radical (unpaired) electrons. The predicted octanol–water partition coefficient (Wildman–Crippen LogP) is 2.08. The van der Waals surface area contributed by atoms with Crippen molar-refractivity contribution in [1.29, 1.82) is 0 Å². The largest absolute Gasteiger partial charge is 0.466 e. The van der Waals surface area contributed by atoms with Crippen molar-refractivity contribution in [3.63, 3.8) is 0 Å². The average molecular weight is 389 g/mol. The van der Waals surface area contributed by atoms with Crippen LogP contribution in [0.25, 0.3) is 0 Å². The highest BCUT2D eigenvalue weighted by atomic mass is 16.6. The molecule has 0 aromatic heterocycles. The first-order valence-corrected chi connectivity index (χ1v) is 11.0. The third-order valence-corrected chi connectivity index (χ3v) is 7.44. The van der Waals surface area contributed by atoms with Crippen molar-refractivity contribution in [1.82, 2.24) is 0 Å². The van der Waals surface area contributed by atoms with Gasteiger partial charge in [-0.2, -0.15) is 0 Å². The van der Waals surface area contributed by atoms with Crippen molar-refractivity contribution >= 4 is 11.9 Å². The SMILES string of the molecule is CCOC(=O)[C@H]1CCC[NH+](C[C@@H]2C(=O)O[C@H]3C[C@]4(C)CCC=C(C)C4=C[C@@H]32)C1. The lowest BCUT2D eigenvalue weighted by atomic mass is 9.62. The van der Waals surface area contributed by atoms with Gasteiger partial charge in [0.25, 0.3) is 0 Å². The third kappa shape index (κ3) is 3.54. The topological polar surface area (TPSA) is 57.0 Å². The Kier molecular flexibility index (Phi) is 5.38. The minimum Gasteiger partial charge on any atom is -0.466 e. The molecule has 2 aliphatic heterocycles. The van der Waals surface area contributed by atoms with Crippen LogP contribution in [0.2, 0.25) is 0 Å². The van der Waals surface area contributed by atoms with Crippen LogP contribution in [0.4, 0.5) is 0 Å². The number of hydrogen-bond acceptors (Lipinski definition) is 4. The summed E-state index contributed by atoms with van der Waals surface area (Å²) in [6, 6.07) is 0. The van der Waals surface area contributed by atoms with Gasteiger partial charge >= 0.3 is 11.9 Å². The normalized spacial score (nSPS) is 40.0. The van der Waals surface area contributed by atoms with Crippen molar-refractivity contribution in [2.24, 2.45) is 23.2 Å². The molecule has 0 spiro atoms. The summed E-state index contributed by atoms with van der Waals surface area (Å²) in [7, 11) is 0. The minimum atomic E-state index is -0.0901. The van der Waals surface area contributed by atoms with E-state index in [0.717, 1.165) is 51.7 Å². The highest BCUT2D eigenvalue weighted by Gasteiger charge is 2.52. The zero-order valence-electron chi connectivity index (χ0n) is 17.5. The van der Waals surface area contributed by atoms with Crippen molar-refractivity contribution < 1.29 is 24.0 Å². The molecule has 4 rings (SSSR count). The molecule has 0 aromatic rings. The Balaban J connectivity index is 1.49. The van der Waals surface area contributed by atoms with E-state index in [1.807, 2.05) is 6.92 Å². The van der Waals surface area contributed by atoms with Crippen molar-refractivity contribution in [3.8, 4) is 0 Å². The van der Waals surface area contributed by atoms with Gasteiger partial charge in [-0.25, -0.2) is 0 Å². The number of allylic oxidation sites excluding steroid dienone is 3. The van der Waals surface area contributed by atoms with Crippen LogP contribution >= 0.6 is 0 Å². The summed E-state index contributed by atoms with van der Waals surface area (Å²) < 4.78 is 11.1. The van der Waals surface area contributed by atoms with E-state index in [9.17, 15) is 9.59 Å². The zero-order chi connectivity index (χ0) is 19.9. The Bertz CT molecular complexity index is 711. The number of fused-ring (bicyclic) bond motifs is 2. The molecule has 28 heavy (non-hydrogen) atoms. The molecule has 5 heteroatoms. The van der Waals surface area contributed by atoms with Crippen LogP contribution in [0.1, 0.15) is 52.9 Å². The number of piperidine rings is 1. The quantitative estimate of drug-likeness (QED) is 0.749. The molecule has 5 nitrogen and oxygen atoms in total. The number of quaternary nitrogens is 1. The van der Waals surface area contributed by atoms with Crippen molar-refractivity contribution in [2.45, 2.75) is 59.0 Å². The fourth-order valence-electron chi connectivity index (χ4n) is 5.97. The first kappa shape index (κ1) is 19.7. The molecule has 2 saturated heterocycles. The summed E-state index contributed by atoms with van der Waals surface area (Å²) >= 11 is 0. The summed E-state index contributed by atoms with van der Waals surface area (Å²) in [5, 5.41) is 0. The monoisotopic (exact) mass is 388 g/mol. The van der Waals surface area contributed by atoms with Gasteiger partial charge in [0.05, 0.1) is 26.2 Å². The highest BCUT2D eigenvalue weighted by Crippen LogP contribution is 2.52. The molecule has 4 aliphatic rings. The van der Waals surface area contributed by atoms with Gasteiger partial charge in [0.1, 0.15) is 17.9 Å². The number of hydrogen-bond donors (Lipinski definition) is 1. The first-order valence-electron chi connectivity index (χ1n) is 11.0. The smallest absolute Gasteiger partial charge is 0.315 e. The van der Waals surface area contributed by atoms with Gasteiger partial charge < -0.3 is 14.4 Å². The van der Waals surface area contributed by atoms with E-state index < -0.39 is 0 Å². The van der Waals surface area contributed by atoms with Crippen LogP contribution in [0.15, 0.2) is 23.3 Å². The number of likely N-dealkylation sites (tertiary alicyclic amines) is 1.